The second kappa shape index (κ2) is 6.62. The van der Waals surface area contributed by atoms with Crippen LogP contribution in [-0.2, 0) is 4.74 Å². The fraction of sp³-hybridized carbons (Fsp3) is 0.263. The van der Waals surface area contributed by atoms with Gasteiger partial charge in [0.1, 0.15) is 18.3 Å². The Labute approximate surface area is 148 Å². The Balaban J connectivity index is 1.81. The lowest BCUT2D eigenvalue weighted by Gasteiger charge is -2.18. The minimum absolute atomic E-state index is 0.344. The van der Waals surface area contributed by atoms with Crippen molar-refractivity contribution in [3.8, 4) is 11.1 Å². The van der Waals surface area contributed by atoms with E-state index in [9.17, 15) is 20.1 Å². The molecule has 7 nitrogen and oxygen atoms in total. The molecule has 3 heterocycles. The Morgan fingerprint density at radius 2 is 1.96 bits per heavy atom. The molecule has 7 heteroatoms. The van der Waals surface area contributed by atoms with E-state index in [1.807, 2.05) is 24.3 Å². The van der Waals surface area contributed by atoms with Crippen LogP contribution in [0.25, 0.3) is 21.9 Å². The number of aliphatic hydroxyl groups excluding tert-OH is 3. The number of aromatic nitrogens is 2. The summed E-state index contributed by atoms with van der Waals surface area (Å²) in [4.78, 5) is 17.1. The summed E-state index contributed by atoms with van der Waals surface area (Å²) in [6, 6.07) is 11.0. The maximum absolute atomic E-state index is 13.0. The zero-order valence-corrected chi connectivity index (χ0v) is 13.8. The zero-order chi connectivity index (χ0) is 18.3. The Hall–Kier alpha value is -2.58. The Morgan fingerprint density at radius 1 is 1.12 bits per heavy atom. The topological polar surface area (TPSA) is 105 Å². The molecule has 0 spiro atoms. The van der Waals surface area contributed by atoms with E-state index in [0.29, 0.717) is 5.39 Å². The molecule has 1 aliphatic rings. The van der Waals surface area contributed by atoms with Gasteiger partial charge in [0.15, 0.2) is 6.23 Å². The molecule has 0 radical (unpaired) electrons. The predicted octanol–water partition coefficient (Wildman–Crippen LogP) is 0.675. The van der Waals surface area contributed by atoms with Crippen LogP contribution in [0.3, 0.4) is 0 Å². The first-order valence-electron chi connectivity index (χ1n) is 8.28. The number of pyridine rings is 2. The quantitative estimate of drug-likeness (QED) is 0.639. The molecule has 26 heavy (non-hydrogen) atoms. The van der Waals surface area contributed by atoms with Gasteiger partial charge in [-0.05, 0) is 29.1 Å². The fourth-order valence-electron chi connectivity index (χ4n) is 3.28. The lowest BCUT2D eigenvalue weighted by Crippen LogP contribution is -2.35. The standard InChI is InChI=1S/C19H18N2O5/c22-10-15-16(23)17(24)19(26-15)21-7-5-11-3-4-12(8-14(11)18(21)25)13-2-1-6-20-9-13/h1-9,15-17,19,22-24H,10H2/t15-,16-,17-,19-/m1/s1. The minimum atomic E-state index is -1.30. The van der Waals surface area contributed by atoms with E-state index in [2.05, 4.69) is 4.98 Å². The van der Waals surface area contributed by atoms with Gasteiger partial charge in [0.25, 0.3) is 5.56 Å². The predicted molar refractivity (Wildman–Crippen MR) is 94.4 cm³/mol. The summed E-state index contributed by atoms with van der Waals surface area (Å²) in [6.07, 6.45) is 0.376. The second-order valence-corrected chi connectivity index (χ2v) is 6.30. The number of nitrogens with zero attached hydrogens (tertiary/aromatic N) is 2. The van der Waals surface area contributed by atoms with Gasteiger partial charge in [0.2, 0.25) is 0 Å². The third kappa shape index (κ3) is 2.71. The minimum Gasteiger partial charge on any atom is -0.394 e. The van der Waals surface area contributed by atoms with E-state index in [1.165, 1.54) is 10.8 Å². The summed E-state index contributed by atoms with van der Waals surface area (Å²) in [5.74, 6) is 0. The van der Waals surface area contributed by atoms with Gasteiger partial charge in [-0.1, -0.05) is 18.2 Å². The smallest absolute Gasteiger partial charge is 0.260 e. The van der Waals surface area contributed by atoms with Crippen molar-refractivity contribution in [3.63, 3.8) is 0 Å². The van der Waals surface area contributed by atoms with Gasteiger partial charge in [-0.25, -0.2) is 0 Å². The van der Waals surface area contributed by atoms with Gasteiger partial charge in [-0.3, -0.25) is 14.3 Å². The number of hydrogen-bond acceptors (Lipinski definition) is 6. The summed E-state index contributed by atoms with van der Waals surface area (Å²) >= 11 is 0. The maximum atomic E-state index is 13.0. The molecule has 4 atom stereocenters. The van der Waals surface area contributed by atoms with Crippen LogP contribution in [0.2, 0.25) is 0 Å². The molecule has 0 saturated carbocycles. The Bertz CT molecular complexity index is 988. The van der Waals surface area contributed by atoms with Gasteiger partial charge in [0.05, 0.1) is 6.61 Å². The van der Waals surface area contributed by atoms with Crippen molar-refractivity contribution < 1.29 is 20.1 Å². The summed E-state index contributed by atoms with van der Waals surface area (Å²) in [6.45, 7) is -0.442. The van der Waals surface area contributed by atoms with Crippen molar-refractivity contribution in [3.05, 3.63) is 65.3 Å². The first-order chi connectivity index (χ1) is 12.6. The molecular formula is C19H18N2O5. The van der Waals surface area contributed by atoms with Crippen molar-refractivity contribution in [1.29, 1.82) is 0 Å². The summed E-state index contributed by atoms with van der Waals surface area (Å²) in [7, 11) is 0. The van der Waals surface area contributed by atoms with E-state index < -0.39 is 31.1 Å². The monoisotopic (exact) mass is 354 g/mol. The number of ether oxygens (including phenoxy) is 1. The first-order valence-corrected chi connectivity index (χ1v) is 8.28. The van der Waals surface area contributed by atoms with Crippen molar-refractivity contribution in [2.24, 2.45) is 0 Å². The summed E-state index contributed by atoms with van der Waals surface area (Å²) in [5, 5.41) is 30.6. The zero-order valence-electron chi connectivity index (χ0n) is 13.8. The summed E-state index contributed by atoms with van der Waals surface area (Å²) in [5.41, 5.74) is 1.39. The second-order valence-electron chi connectivity index (χ2n) is 6.30. The van der Waals surface area contributed by atoms with Crippen molar-refractivity contribution >= 4 is 10.8 Å². The van der Waals surface area contributed by atoms with Crippen LogP contribution in [0.5, 0.6) is 0 Å². The van der Waals surface area contributed by atoms with E-state index in [1.54, 1.807) is 24.5 Å². The Morgan fingerprint density at radius 3 is 2.65 bits per heavy atom. The van der Waals surface area contributed by atoms with Gasteiger partial charge < -0.3 is 20.1 Å². The van der Waals surface area contributed by atoms with Crippen LogP contribution >= 0.6 is 0 Å². The van der Waals surface area contributed by atoms with E-state index >= 15 is 0 Å². The molecule has 1 saturated heterocycles. The summed E-state index contributed by atoms with van der Waals surface area (Å²) < 4.78 is 6.72. The molecule has 0 unspecified atom stereocenters. The fourth-order valence-corrected chi connectivity index (χ4v) is 3.28. The van der Waals surface area contributed by atoms with Crippen LogP contribution in [0.15, 0.2) is 59.8 Å². The molecule has 0 aliphatic carbocycles. The third-order valence-electron chi connectivity index (χ3n) is 4.72. The normalized spacial score (nSPS) is 25.7. The van der Waals surface area contributed by atoms with Crippen molar-refractivity contribution in [1.82, 2.24) is 9.55 Å². The molecule has 3 aromatic rings. The molecule has 1 fully saturated rings. The first kappa shape index (κ1) is 16.9. The number of aliphatic hydroxyl groups is 3. The molecule has 134 valence electrons. The molecular weight excluding hydrogens is 336 g/mol. The highest BCUT2D eigenvalue weighted by Crippen LogP contribution is 2.29. The Kier molecular flexibility index (Phi) is 4.29. The lowest BCUT2D eigenvalue weighted by molar-refractivity contribution is -0.0541. The number of hydrogen-bond donors (Lipinski definition) is 3. The highest BCUT2D eigenvalue weighted by Gasteiger charge is 2.43. The van der Waals surface area contributed by atoms with Gasteiger partial charge in [-0.2, -0.15) is 0 Å². The SMILES string of the molecule is O=c1c2cc(-c3cccnc3)ccc2ccn1[C@@H]1O[C@H](CO)[C@@H](O)[C@H]1O. The molecule has 0 amide bonds. The van der Waals surface area contributed by atoms with Crippen LogP contribution in [0, 0.1) is 0 Å². The maximum Gasteiger partial charge on any atom is 0.260 e. The number of benzene rings is 1. The average Bonchev–Trinajstić information content (AvgIpc) is 2.97. The van der Waals surface area contributed by atoms with Crippen LogP contribution in [0.1, 0.15) is 6.23 Å². The molecule has 2 aromatic heterocycles. The van der Waals surface area contributed by atoms with Crippen LogP contribution in [0.4, 0.5) is 0 Å². The van der Waals surface area contributed by atoms with Gasteiger partial charge in [0, 0.05) is 29.5 Å². The van der Waals surface area contributed by atoms with Gasteiger partial charge >= 0.3 is 0 Å². The largest absolute Gasteiger partial charge is 0.394 e. The molecule has 1 aliphatic heterocycles. The highest BCUT2D eigenvalue weighted by atomic mass is 16.6. The van der Waals surface area contributed by atoms with E-state index in [0.717, 1.165) is 16.5 Å². The molecule has 3 N–H and O–H groups in total. The number of fused-ring (bicyclic) bond motifs is 1. The van der Waals surface area contributed by atoms with Crippen molar-refractivity contribution in [2.45, 2.75) is 24.5 Å². The van der Waals surface area contributed by atoms with E-state index in [4.69, 9.17) is 4.74 Å². The molecule has 0 bridgehead atoms. The molecule has 4 rings (SSSR count). The van der Waals surface area contributed by atoms with Crippen LogP contribution < -0.4 is 5.56 Å². The third-order valence-corrected chi connectivity index (χ3v) is 4.72. The van der Waals surface area contributed by atoms with Crippen LogP contribution in [-0.4, -0.2) is 49.8 Å². The van der Waals surface area contributed by atoms with Gasteiger partial charge in [-0.15, -0.1) is 0 Å². The number of rotatable bonds is 3. The molecule has 1 aromatic carbocycles. The lowest BCUT2D eigenvalue weighted by atomic mass is 10.0. The van der Waals surface area contributed by atoms with E-state index in [-0.39, 0.29) is 5.56 Å². The highest BCUT2D eigenvalue weighted by molar-refractivity contribution is 5.86. The average molecular weight is 354 g/mol. The van der Waals surface area contributed by atoms with Crippen molar-refractivity contribution in [2.75, 3.05) is 6.61 Å².